The maximum absolute atomic E-state index is 14.5. The molecule has 3 N–H and O–H groups in total. The van der Waals surface area contributed by atoms with Crippen LogP contribution in [0.3, 0.4) is 0 Å². The van der Waals surface area contributed by atoms with Crippen LogP contribution in [0.25, 0.3) is 11.1 Å². The van der Waals surface area contributed by atoms with Gasteiger partial charge in [0.1, 0.15) is 29.2 Å². The SMILES string of the molecule is CC(C)(C)c1csc(N[C@H]2CCCCC/C=C\[C@H]3C[C@@]3(C(=O)NS(=O)(=O)C3CC3)NC(=O)[C@@H]3C[C@@H](Oc4nc5ccccc5o4)CN3C2=O)n1. The standard InChI is InChI=1S/C35H44N6O7S2/c1-34(2,3)28-20-49-32(38-28)36-25-13-8-6-4-5-7-11-21-18-35(21,31(44)40-50(45,46)23-15-16-23)39-29(42)26-17-22(19-41(26)30(25)43)47-33-37-24-12-9-10-14-27(24)48-33/h7,9-12,14,20-23,25-26H,4-6,8,13,15-19H2,1-3H3,(H,36,38)(H,39,42)(H,40,44)/b11-7-/t21-,22+,25-,26-,35+/m0/s1. The van der Waals surface area contributed by atoms with E-state index in [0.717, 1.165) is 31.4 Å². The molecule has 0 spiro atoms. The van der Waals surface area contributed by atoms with Gasteiger partial charge >= 0.3 is 6.08 Å². The fourth-order valence-corrected chi connectivity index (χ4v) is 9.08. The summed E-state index contributed by atoms with van der Waals surface area (Å²) in [6.45, 7) is 6.33. The summed E-state index contributed by atoms with van der Waals surface area (Å²) in [7, 11) is -3.85. The van der Waals surface area contributed by atoms with Crippen LogP contribution in [-0.2, 0) is 29.8 Å². The second-order valence-electron chi connectivity index (χ2n) is 14.9. The van der Waals surface area contributed by atoms with Gasteiger partial charge in [0.05, 0.1) is 17.5 Å². The fraction of sp³-hybridized carbons (Fsp3) is 0.571. The van der Waals surface area contributed by atoms with Gasteiger partial charge in [-0.1, -0.05) is 57.9 Å². The van der Waals surface area contributed by atoms with E-state index in [2.05, 4.69) is 41.1 Å². The Hall–Kier alpha value is -3.98. The predicted molar refractivity (Wildman–Crippen MR) is 188 cm³/mol. The molecule has 0 bridgehead atoms. The lowest BCUT2D eigenvalue weighted by atomic mass is 9.93. The molecule has 1 saturated heterocycles. The second kappa shape index (κ2) is 13.3. The first-order chi connectivity index (χ1) is 23.8. The number of aromatic nitrogens is 2. The number of thiazole rings is 1. The average molecular weight is 725 g/mol. The van der Waals surface area contributed by atoms with Crippen LogP contribution in [0.4, 0.5) is 5.13 Å². The molecule has 2 aliphatic heterocycles. The zero-order chi connectivity index (χ0) is 35.3. The monoisotopic (exact) mass is 724 g/mol. The summed E-state index contributed by atoms with van der Waals surface area (Å²) < 4.78 is 39.8. The third-order valence-corrected chi connectivity index (χ3v) is 12.5. The van der Waals surface area contributed by atoms with E-state index in [4.69, 9.17) is 14.1 Å². The number of carbonyl (C=O) groups excluding carboxylic acids is 3. The van der Waals surface area contributed by atoms with E-state index in [9.17, 15) is 22.8 Å². The normalized spacial score (nSPS) is 28.5. The number of carbonyl (C=O) groups is 3. The molecule has 4 aliphatic rings. The Morgan fingerprint density at radius 2 is 1.92 bits per heavy atom. The van der Waals surface area contributed by atoms with Gasteiger partial charge in [0.2, 0.25) is 21.8 Å². The summed E-state index contributed by atoms with van der Waals surface area (Å²) in [5.41, 5.74) is 0.481. The second-order valence-corrected chi connectivity index (χ2v) is 17.7. The van der Waals surface area contributed by atoms with E-state index in [0.29, 0.717) is 35.5 Å². The van der Waals surface area contributed by atoms with Crippen molar-refractivity contribution in [3.8, 4) is 6.08 Å². The Bertz CT molecular complexity index is 1880. The summed E-state index contributed by atoms with van der Waals surface area (Å²) in [5.74, 6) is -1.95. The van der Waals surface area contributed by atoms with E-state index in [1.807, 2.05) is 29.7 Å². The zero-order valence-electron chi connectivity index (χ0n) is 28.5. The lowest BCUT2D eigenvalue weighted by molar-refractivity contribution is -0.140. The topological polar surface area (TPSA) is 173 Å². The minimum Gasteiger partial charge on any atom is -0.445 e. The molecular weight excluding hydrogens is 681 g/mol. The van der Waals surface area contributed by atoms with Crippen molar-refractivity contribution < 1.29 is 32.0 Å². The number of nitrogens with zero attached hydrogens (tertiary/aromatic N) is 3. The highest BCUT2D eigenvalue weighted by atomic mass is 32.2. The smallest absolute Gasteiger partial charge is 0.394 e. The number of oxazole rings is 1. The van der Waals surface area contributed by atoms with Gasteiger partial charge in [-0.2, -0.15) is 4.98 Å². The Labute approximate surface area is 295 Å². The molecule has 5 atom stereocenters. The molecular formula is C35H44N6O7S2. The van der Waals surface area contributed by atoms with Crippen molar-refractivity contribution in [1.29, 1.82) is 0 Å². The lowest BCUT2D eigenvalue weighted by Gasteiger charge is -2.29. The van der Waals surface area contributed by atoms with Crippen LogP contribution >= 0.6 is 11.3 Å². The first-order valence-electron chi connectivity index (χ1n) is 17.4. The molecule has 4 heterocycles. The molecule has 0 unspecified atom stereocenters. The number of amides is 3. The number of hydrogen-bond acceptors (Lipinski definition) is 11. The number of benzene rings is 1. The van der Waals surface area contributed by atoms with Gasteiger partial charge in [0.15, 0.2) is 10.7 Å². The fourth-order valence-electron chi connectivity index (χ4n) is 6.72. The van der Waals surface area contributed by atoms with Gasteiger partial charge < -0.3 is 24.7 Å². The van der Waals surface area contributed by atoms with Gasteiger partial charge in [-0.05, 0) is 50.7 Å². The maximum atomic E-state index is 14.5. The number of allylic oxidation sites excluding steroid dienone is 1. The predicted octanol–water partition coefficient (Wildman–Crippen LogP) is 4.41. The van der Waals surface area contributed by atoms with Crippen molar-refractivity contribution in [1.82, 2.24) is 24.9 Å². The largest absolute Gasteiger partial charge is 0.445 e. The van der Waals surface area contributed by atoms with Crippen LogP contribution in [0.15, 0.2) is 46.2 Å². The van der Waals surface area contributed by atoms with Crippen LogP contribution < -0.4 is 20.1 Å². The highest BCUT2D eigenvalue weighted by molar-refractivity contribution is 7.91. The average Bonchev–Trinajstić information content (AvgIpc) is 3.86. The van der Waals surface area contributed by atoms with E-state index >= 15 is 0 Å². The molecule has 15 heteroatoms. The molecule has 1 aromatic carbocycles. The lowest BCUT2D eigenvalue weighted by Crippen LogP contribution is -2.57. The number of fused-ring (bicyclic) bond motifs is 3. The van der Waals surface area contributed by atoms with Gasteiger partial charge in [-0.15, -0.1) is 11.3 Å². The van der Waals surface area contributed by atoms with E-state index in [1.54, 1.807) is 12.1 Å². The van der Waals surface area contributed by atoms with Crippen molar-refractivity contribution in [3.05, 3.63) is 47.5 Å². The van der Waals surface area contributed by atoms with E-state index in [1.165, 1.54) is 16.2 Å². The summed E-state index contributed by atoms with van der Waals surface area (Å²) in [6.07, 6.45) is 8.50. The molecule has 13 nitrogen and oxygen atoms in total. The molecule has 50 heavy (non-hydrogen) atoms. The minimum atomic E-state index is -3.85. The van der Waals surface area contributed by atoms with Crippen LogP contribution in [-0.4, -0.2) is 76.5 Å². The summed E-state index contributed by atoms with van der Waals surface area (Å²) >= 11 is 1.44. The molecule has 268 valence electrons. The van der Waals surface area contributed by atoms with Crippen molar-refractivity contribution in [2.24, 2.45) is 5.92 Å². The number of sulfonamides is 1. The molecule has 0 radical (unpaired) electrons. The first-order valence-corrected chi connectivity index (χ1v) is 19.8. The highest BCUT2D eigenvalue weighted by Gasteiger charge is 2.62. The molecule has 3 aromatic rings. The third kappa shape index (κ3) is 7.25. The number of ether oxygens (including phenoxy) is 1. The summed E-state index contributed by atoms with van der Waals surface area (Å²) in [6, 6.07) is 5.58. The molecule has 2 aromatic heterocycles. The van der Waals surface area contributed by atoms with Crippen LogP contribution in [0.2, 0.25) is 0 Å². The number of hydrogen-bond donors (Lipinski definition) is 3. The molecule has 2 aliphatic carbocycles. The third-order valence-electron chi connectivity index (χ3n) is 9.95. The highest BCUT2D eigenvalue weighted by Crippen LogP contribution is 2.46. The van der Waals surface area contributed by atoms with Gasteiger partial charge in [0, 0.05) is 23.1 Å². The number of rotatable bonds is 7. The Kier molecular flexibility index (Phi) is 9.16. The molecule has 3 fully saturated rings. The number of nitrogens with one attached hydrogen (secondary N) is 3. The van der Waals surface area contributed by atoms with Gasteiger partial charge in [-0.3, -0.25) is 19.1 Å². The quantitative estimate of drug-likeness (QED) is 0.296. The Balaban J connectivity index is 1.18. The van der Waals surface area contributed by atoms with Crippen molar-refractivity contribution in [2.45, 2.75) is 113 Å². The van der Waals surface area contributed by atoms with Gasteiger partial charge in [-0.25, -0.2) is 13.4 Å². The number of anilines is 1. The maximum Gasteiger partial charge on any atom is 0.394 e. The van der Waals surface area contributed by atoms with Crippen LogP contribution in [0, 0.1) is 5.92 Å². The Morgan fingerprint density at radius 3 is 2.66 bits per heavy atom. The van der Waals surface area contributed by atoms with Crippen molar-refractivity contribution >= 4 is 55.3 Å². The van der Waals surface area contributed by atoms with Crippen LogP contribution in [0.5, 0.6) is 6.08 Å². The first kappa shape index (κ1) is 34.5. The van der Waals surface area contributed by atoms with Gasteiger partial charge in [0.25, 0.3) is 5.91 Å². The molecule has 7 rings (SSSR count). The Morgan fingerprint density at radius 1 is 1.12 bits per heavy atom. The minimum absolute atomic E-state index is 0.0347. The summed E-state index contributed by atoms with van der Waals surface area (Å²) in [5, 5.41) is 8.31. The van der Waals surface area contributed by atoms with E-state index in [-0.39, 0.29) is 42.7 Å². The van der Waals surface area contributed by atoms with Crippen molar-refractivity contribution in [2.75, 3.05) is 11.9 Å². The summed E-state index contributed by atoms with van der Waals surface area (Å²) in [4.78, 5) is 53.1. The molecule has 3 amide bonds. The van der Waals surface area contributed by atoms with E-state index < -0.39 is 50.8 Å². The number of para-hydroxylation sites is 2. The van der Waals surface area contributed by atoms with Crippen molar-refractivity contribution in [3.63, 3.8) is 0 Å². The zero-order valence-corrected chi connectivity index (χ0v) is 30.1. The molecule has 2 saturated carbocycles. The van der Waals surface area contributed by atoms with Crippen LogP contribution in [0.1, 0.15) is 84.3 Å².